The first-order valence-electron chi connectivity index (χ1n) is 9.51. The summed E-state index contributed by atoms with van der Waals surface area (Å²) in [5.41, 5.74) is 1.30. The van der Waals surface area contributed by atoms with Crippen molar-refractivity contribution in [3.63, 3.8) is 0 Å². The summed E-state index contributed by atoms with van der Waals surface area (Å²) >= 11 is 0. The van der Waals surface area contributed by atoms with Crippen LogP contribution in [-0.4, -0.2) is 15.9 Å². The van der Waals surface area contributed by atoms with Crippen molar-refractivity contribution in [1.29, 1.82) is 5.26 Å². The van der Waals surface area contributed by atoms with Crippen LogP contribution in [0.1, 0.15) is 48.4 Å². The van der Waals surface area contributed by atoms with Gasteiger partial charge in [-0.2, -0.15) is 5.26 Å². The molecule has 0 saturated heterocycles. The van der Waals surface area contributed by atoms with Crippen molar-refractivity contribution in [2.75, 3.05) is 0 Å². The van der Waals surface area contributed by atoms with Crippen molar-refractivity contribution >= 4 is 22.7 Å². The van der Waals surface area contributed by atoms with Gasteiger partial charge >= 0.3 is 0 Å². The van der Waals surface area contributed by atoms with Gasteiger partial charge in [0.25, 0.3) is 5.56 Å². The Morgan fingerprint density at radius 2 is 1.89 bits per heavy atom. The SMILES string of the molecule is Cc1c(C=Nc2ccc3ccccc3c2)c(O)n(C2CCCC2)c(=O)c1C#N. The Labute approximate surface area is 163 Å². The number of nitrogens with zero attached hydrogens (tertiary/aromatic N) is 3. The summed E-state index contributed by atoms with van der Waals surface area (Å²) in [4.78, 5) is 17.2. The number of aliphatic imine (C=N–C) groups is 1. The van der Waals surface area contributed by atoms with E-state index in [-0.39, 0.29) is 17.5 Å². The third kappa shape index (κ3) is 3.07. The Hall–Kier alpha value is -3.39. The Kier molecular flexibility index (Phi) is 4.70. The van der Waals surface area contributed by atoms with E-state index in [1.165, 1.54) is 4.57 Å². The van der Waals surface area contributed by atoms with Crippen LogP contribution in [-0.2, 0) is 0 Å². The van der Waals surface area contributed by atoms with Crippen molar-refractivity contribution in [3.8, 4) is 11.9 Å². The molecule has 0 atom stereocenters. The van der Waals surface area contributed by atoms with E-state index in [0.29, 0.717) is 11.1 Å². The molecule has 1 aliphatic rings. The summed E-state index contributed by atoms with van der Waals surface area (Å²) in [5.74, 6) is -0.0991. The number of aromatic hydroxyl groups is 1. The number of fused-ring (bicyclic) bond motifs is 1. The third-order valence-electron chi connectivity index (χ3n) is 5.56. The molecule has 0 radical (unpaired) electrons. The average molecular weight is 371 g/mol. The van der Waals surface area contributed by atoms with Crippen LogP contribution in [0.4, 0.5) is 5.69 Å². The number of hydrogen-bond acceptors (Lipinski definition) is 4. The molecule has 0 aliphatic heterocycles. The van der Waals surface area contributed by atoms with Gasteiger partial charge < -0.3 is 5.11 Å². The second-order valence-electron chi connectivity index (χ2n) is 7.25. The highest BCUT2D eigenvalue weighted by Gasteiger charge is 2.25. The van der Waals surface area contributed by atoms with E-state index < -0.39 is 5.56 Å². The number of pyridine rings is 1. The molecule has 0 amide bonds. The highest BCUT2D eigenvalue weighted by atomic mass is 16.3. The topological polar surface area (TPSA) is 78.4 Å². The molecule has 1 aromatic heterocycles. The summed E-state index contributed by atoms with van der Waals surface area (Å²) in [6.45, 7) is 1.68. The van der Waals surface area contributed by atoms with Gasteiger partial charge in [-0.1, -0.05) is 43.2 Å². The molecule has 4 rings (SSSR count). The lowest BCUT2D eigenvalue weighted by molar-refractivity contribution is 0.368. The second kappa shape index (κ2) is 7.32. The minimum Gasteiger partial charge on any atom is -0.494 e. The van der Waals surface area contributed by atoms with Gasteiger partial charge in [-0.05, 0) is 48.2 Å². The molecule has 140 valence electrons. The normalized spacial score (nSPS) is 14.7. The molecule has 0 bridgehead atoms. The lowest BCUT2D eigenvalue weighted by Crippen LogP contribution is -2.28. The Morgan fingerprint density at radius 1 is 1.18 bits per heavy atom. The maximum atomic E-state index is 12.7. The predicted molar refractivity (Wildman–Crippen MR) is 111 cm³/mol. The molecular formula is C23H21N3O2. The lowest BCUT2D eigenvalue weighted by atomic mass is 10.0. The van der Waals surface area contributed by atoms with Crippen molar-refractivity contribution in [2.24, 2.45) is 4.99 Å². The number of hydrogen-bond donors (Lipinski definition) is 1. The average Bonchev–Trinajstić information content (AvgIpc) is 3.22. The number of nitriles is 1. The first kappa shape index (κ1) is 18.0. The monoisotopic (exact) mass is 371 g/mol. The Balaban J connectivity index is 1.81. The van der Waals surface area contributed by atoms with Crippen LogP contribution in [0.15, 0.2) is 52.3 Å². The minimum absolute atomic E-state index is 0.0620. The van der Waals surface area contributed by atoms with Crippen LogP contribution in [0.3, 0.4) is 0 Å². The fourth-order valence-electron chi connectivity index (χ4n) is 3.99. The van der Waals surface area contributed by atoms with Crippen LogP contribution in [0.25, 0.3) is 10.8 Å². The molecule has 5 nitrogen and oxygen atoms in total. The molecule has 1 fully saturated rings. The van der Waals surface area contributed by atoms with Gasteiger partial charge in [0.15, 0.2) is 0 Å². The van der Waals surface area contributed by atoms with Gasteiger partial charge in [-0.3, -0.25) is 14.4 Å². The molecule has 1 saturated carbocycles. The lowest BCUT2D eigenvalue weighted by Gasteiger charge is -2.19. The van der Waals surface area contributed by atoms with Gasteiger partial charge in [0, 0.05) is 12.3 Å². The maximum Gasteiger partial charge on any atom is 0.271 e. The second-order valence-corrected chi connectivity index (χ2v) is 7.25. The molecule has 28 heavy (non-hydrogen) atoms. The van der Waals surface area contributed by atoms with Crippen molar-refractivity contribution in [3.05, 3.63) is 69.5 Å². The number of benzene rings is 2. The van der Waals surface area contributed by atoms with E-state index in [9.17, 15) is 15.2 Å². The largest absolute Gasteiger partial charge is 0.494 e. The number of rotatable bonds is 3. The molecule has 0 spiro atoms. The number of aromatic nitrogens is 1. The molecule has 1 N–H and O–H groups in total. The van der Waals surface area contributed by atoms with Crippen LogP contribution in [0.2, 0.25) is 0 Å². The zero-order valence-corrected chi connectivity index (χ0v) is 15.7. The molecule has 1 heterocycles. The Morgan fingerprint density at radius 3 is 2.61 bits per heavy atom. The molecule has 0 unspecified atom stereocenters. The molecule has 5 heteroatoms. The summed E-state index contributed by atoms with van der Waals surface area (Å²) < 4.78 is 1.39. The standard InChI is InChI=1S/C23H21N3O2/c1-15-20(13-24)22(27)26(19-8-4-5-9-19)23(28)21(15)14-25-18-11-10-16-6-2-3-7-17(16)12-18/h2-3,6-7,10-12,14,19,28H,4-5,8-9H2,1H3. The first-order chi connectivity index (χ1) is 13.6. The summed E-state index contributed by atoms with van der Waals surface area (Å²) in [7, 11) is 0. The van der Waals surface area contributed by atoms with Crippen molar-refractivity contribution in [2.45, 2.75) is 38.6 Å². The van der Waals surface area contributed by atoms with E-state index in [4.69, 9.17) is 0 Å². The first-order valence-corrected chi connectivity index (χ1v) is 9.51. The zero-order chi connectivity index (χ0) is 19.7. The van der Waals surface area contributed by atoms with Crippen LogP contribution in [0.5, 0.6) is 5.88 Å². The Bertz CT molecular complexity index is 1180. The van der Waals surface area contributed by atoms with E-state index in [1.807, 2.05) is 48.5 Å². The van der Waals surface area contributed by atoms with E-state index in [1.54, 1.807) is 13.1 Å². The third-order valence-corrected chi connectivity index (χ3v) is 5.56. The highest BCUT2D eigenvalue weighted by Crippen LogP contribution is 2.33. The van der Waals surface area contributed by atoms with E-state index in [0.717, 1.165) is 42.1 Å². The van der Waals surface area contributed by atoms with Crippen molar-refractivity contribution < 1.29 is 5.11 Å². The van der Waals surface area contributed by atoms with Gasteiger partial charge in [-0.15, -0.1) is 0 Å². The summed E-state index contributed by atoms with van der Waals surface area (Å²) in [6.07, 6.45) is 5.27. The van der Waals surface area contributed by atoms with Gasteiger partial charge in [-0.25, -0.2) is 0 Å². The zero-order valence-electron chi connectivity index (χ0n) is 15.7. The predicted octanol–water partition coefficient (Wildman–Crippen LogP) is 4.75. The quantitative estimate of drug-likeness (QED) is 0.675. The fraction of sp³-hybridized carbons (Fsp3) is 0.261. The molecular weight excluding hydrogens is 350 g/mol. The van der Waals surface area contributed by atoms with Gasteiger partial charge in [0.05, 0.1) is 11.3 Å². The van der Waals surface area contributed by atoms with Crippen LogP contribution >= 0.6 is 0 Å². The fourth-order valence-corrected chi connectivity index (χ4v) is 3.99. The van der Waals surface area contributed by atoms with Crippen molar-refractivity contribution in [1.82, 2.24) is 4.57 Å². The maximum absolute atomic E-state index is 12.7. The highest BCUT2D eigenvalue weighted by molar-refractivity contribution is 5.90. The van der Waals surface area contributed by atoms with E-state index >= 15 is 0 Å². The molecule has 1 aliphatic carbocycles. The van der Waals surface area contributed by atoms with Crippen LogP contribution < -0.4 is 5.56 Å². The molecule has 2 aromatic carbocycles. The van der Waals surface area contributed by atoms with Gasteiger partial charge in [0.2, 0.25) is 5.88 Å². The van der Waals surface area contributed by atoms with Gasteiger partial charge in [0.1, 0.15) is 11.6 Å². The van der Waals surface area contributed by atoms with E-state index in [2.05, 4.69) is 4.99 Å². The summed E-state index contributed by atoms with van der Waals surface area (Å²) in [6, 6.07) is 15.8. The molecule has 3 aromatic rings. The summed E-state index contributed by atoms with van der Waals surface area (Å²) in [5, 5.41) is 22.5. The van der Waals surface area contributed by atoms with Crippen LogP contribution in [0, 0.1) is 18.3 Å². The minimum atomic E-state index is -0.410. The smallest absolute Gasteiger partial charge is 0.271 e.